The van der Waals surface area contributed by atoms with E-state index < -0.39 is 0 Å². The summed E-state index contributed by atoms with van der Waals surface area (Å²) in [5.74, 6) is 0.574. The second-order valence-corrected chi connectivity index (χ2v) is 5.10. The number of benzene rings is 1. The molecule has 0 saturated carbocycles. The first-order valence-corrected chi connectivity index (χ1v) is 6.98. The quantitative estimate of drug-likeness (QED) is 0.797. The highest BCUT2D eigenvalue weighted by Gasteiger charge is 2.06. The van der Waals surface area contributed by atoms with Crippen molar-refractivity contribution in [3.63, 3.8) is 0 Å². The van der Waals surface area contributed by atoms with Gasteiger partial charge in [-0.2, -0.15) is 4.37 Å². The number of nitrogens with zero attached hydrogens (tertiary/aromatic N) is 2. The molecule has 0 bridgehead atoms. The van der Waals surface area contributed by atoms with E-state index in [0.717, 1.165) is 29.5 Å². The minimum atomic E-state index is -0.181. The second kappa shape index (κ2) is 6.58. The van der Waals surface area contributed by atoms with Crippen molar-refractivity contribution >= 4 is 16.7 Å². The number of anilines is 1. The molecule has 0 spiro atoms. The van der Waals surface area contributed by atoms with Crippen LogP contribution < -0.4 is 11.1 Å². The molecule has 3 N–H and O–H groups in total. The van der Waals surface area contributed by atoms with Gasteiger partial charge < -0.3 is 11.1 Å². The summed E-state index contributed by atoms with van der Waals surface area (Å²) < 4.78 is 17.5. The summed E-state index contributed by atoms with van der Waals surface area (Å²) >= 11 is 1.34. The highest BCUT2D eigenvalue weighted by atomic mass is 32.1. The van der Waals surface area contributed by atoms with E-state index >= 15 is 0 Å². The smallest absolute Gasteiger partial charge is 0.202 e. The zero-order valence-electron chi connectivity index (χ0n) is 10.8. The van der Waals surface area contributed by atoms with Crippen LogP contribution in [0.25, 0.3) is 0 Å². The highest BCUT2D eigenvalue weighted by molar-refractivity contribution is 7.09. The minimum absolute atomic E-state index is 0.181. The van der Waals surface area contributed by atoms with Crippen LogP contribution in [0.15, 0.2) is 18.2 Å². The number of hydrogen-bond donors (Lipinski definition) is 2. The maximum Gasteiger partial charge on any atom is 0.202 e. The Hall–Kier alpha value is -1.53. The van der Waals surface area contributed by atoms with E-state index in [4.69, 9.17) is 5.73 Å². The van der Waals surface area contributed by atoms with Crippen molar-refractivity contribution in [1.82, 2.24) is 9.36 Å². The number of aromatic nitrogens is 2. The van der Waals surface area contributed by atoms with E-state index in [1.54, 1.807) is 13.0 Å². The van der Waals surface area contributed by atoms with Gasteiger partial charge in [0.05, 0.1) is 0 Å². The summed E-state index contributed by atoms with van der Waals surface area (Å²) in [4.78, 5) is 4.39. The number of nitrogens with two attached hydrogens (primary N) is 1. The summed E-state index contributed by atoms with van der Waals surface area (Å²) in [6.45, 7) is 3.22. The summed E-state index contributed by atoms with van der Waals surface area (Å²) in [5, 5.41) is 3.98. The van der Waals surface area contributed by atoms with E-state index in [9.17, 15) is 4.39 Å². The largest absolute Gasteiger partial charge is 0.360 e. The third kappa shape index (κ3) is 3.97. The van der Waals surface area contributed by atoms with Crippen molar-refractivity contribution in [3.8, 4) is 0 Å². The van der Waals surface area contributed by atoms with Crippen LogP contribution in [0.3, 0.4) is 0 Å². The number of aryl methyl sites for hydroxylation is 1. The molecule has 0 amide bonds. The first-order chi connectivity index (χ1) is 9.19. The van der Waals surface area contributed by atoms with Crippen molar-refractivity contribution < 1.29 is 4.39 Å². The van der Waals surface area contributed by atoms with Crippen LogP contribution in [0.5, 0.6) is 0 Å². The van der Waals surface area contributed by atoms with Gasteiger partial charge in [-0.1, -0.05) is 12.1 Å². The maximum atomic E-state index is 13.2. The van der Waals surface area contributed by atoms with Crippen molar-refractivity contribution in [2.24, 2.45) is 5.73 Å². The Morgan fingerprint density at radius 1 is 1.42 bits per heavy atom. The van der Waals surface area contributed by atoms with Gasteiger partial charge in [-0.05, 0) is 37.1 Å². The maximum absolute atomic E-state index is 13.2. The molecule has 2 rings (SSSR count). The molecule has 0 atom stereocenters. The van der Waals surface area contributed by atoms with Gasteiger partial charge in [0.2, 0.25) is 5.13 Å². The molecule has 0 unspecified atom stereocenters. The lowest BCUT2D eigenvalue weighted by atomic mass is 10.1. The monoisotopic (exact) mass is 280 g/mol. The highest BCUT2D eigenvalue weighted by Crippen LogP contribution is 2.16. The van der Waals surface area contributed by atoms with Crippen LogP contribution in [0.2, 0.25) is 0 Å². The average Bonchev–Trinajstić information content (AvgIpc) is 2.82. The molecule has 0 saturated heterocycles. The molecule has 1 heterocycles. The van der Waals surface area contributed by atoms with Crippen LogP contribution in [0.1, 0.15) is 23.4 Å². The molecule has 2 aromatic rings. The van der Waals surface area contributed by atoms with E-state index in [2.05, 4.69) is 14.7 Å². The number of rotatable bonds is 6. The molecular weight excluding hydrogens is 263 g/mol. The lowest BCUT2D eigenvalue weighted by molar-refractivity contribution is 0.617. The molecule has 1 aromatic carbocycles. The van der Waals surface area contributed by atoms with E-state index in [1.807, 2.05) is 6.07 Å². The molecule has 102 valence electrons. The predicted molar refractivity (Wildman–Crippen MR) is 76.0 cm³/mol. The van der Waals surface area contributed by atoms with Crippen LogP contribution >= 0.6 is 11.5 Å². The lowest BCUT2D eigenvalue weighted by Gasteiger charge is -2.01. The van der Waals surface area contributed by atoms with Crippen LogP contribution in [0.4, 0.5) is 9.52 Å². The molecule has 19 heavy (non-hydrogen) atoms. The van der Waals surface area contributed by atoms with Gasteiger partial charge in [-0.15, -0.1) is 0 Å². The Labute approximate surface area is 116 Å². The Morgan fingerprint density at radius 2 is 2.26 bits per heavy atom. The van der Waals surface area contributed by atoms with Crippen molar-refractivity contribution in [3.05, 3.63) is 41.0 Å². The van der Waals surface area contributed by atoms with Crippen molar-refractivity contribution in [2.45, 2.75) is 19.8 Å². The molecule has 6 heteroatoms. The van der Waals surface area contributed by atoms with Gasteiger partial charge in [0.25, 0.3) is 0 Å². The Kier molecular flexibility index (Phi) is 4.81. The molecule has 0 aliphatic carbocycles. The van der Waals surface area contributed by atoms with Gasteiger partial charge in [0, 0.05) is 24.5 Å². The third-order valence-electron chi connectivity index (χ3n) is 2.71. The van der Waals surface area contributed by atoms with E-state index in [1.165, 1.54) is 17.6 Å². The number of hydrogen-bond acceptors (Lipinski definition) is 5. The number of nitrogens with one attached hydrogen (secondary N) is 1. The first-order valence-electron chi connectivity index (χ1n) is 6.20. The fourth-order valence-corrected chi connectivity index (χ4v) is 2.30. The summed E-state index contributed by atoms with van der Waals surface area (Å²) in [6.07, 6.45) is 1.53. The zero-order valence-corrected chi connectivity index (χ0v) is 11.6. The summed E-state index contributed by atoms with van der Waals surface area (Å²) in [5.41, 5.74) is 7.09. The molecule has 0 fully saturated rings. The summed E-state index contributed by atoms with van der Waals surface area (Å²) in [6, 6.07) is 5.08. The fourth-order valence-electron chi connectivity index (χ4n) is 1.69. The fraction of sp³-hybridized carbons (Fsp3) is 0.385. The van der Waals surface area contributed by atoms with Crippen LogP contribution in [0, 0.1) is 12.7 Å². The summed E-state index contributed by atoms with van der Waals surface area (Å²) in [7, 11) is 0. The Morgan fingerprint density at radius 3 is 3.00 bits per heavy atom. The molecule has 1 aromatic heterocycles. The van der Waals surface area contributed by atoms with Gasteiger partial charge in [0.1, 0.15) is 11.6 Å². The normalized spacial score (nSPS) is 10.7. The minimum Gasteiger partial charge on any atom is -0.360 e. The molecule has 0 aliphatic heterocycles. The van der Waals surface area contributed by atoms with Crippen LogP contribution in [-0.2, 0) is 6.42 Å². The Bertz CT molecular complexity index is 541. The van der Waals surface area contributed by atoms with Crippen LogP contribution in [-0.4, -0.2) is 22.4 Å². The Balaban J connectivity index is 1.97. The van der Waals surface area contributed by atoms with Crippen molar-refractivity contribution in [1.29, 1.82) is 0 Å². The third-order valence-corrected chi connectivity index (χ3v) is 3.42. The van der Waals surface area contributed by atoms with Gasteiger partial charge in [0.15, 0.2) is 0 Å². The van der Waals surface area contributed by atoms with Crippen molar-refractivity contribution in [2.75, 3.05) is 18.4 Å². The molecule has 4 nitrogen and oxygen atoms in total. The standard InChI is InChI=1S/C13H17FN4S/c1-9-7-10(3-4-11(9)14)8-12-17-13(19-18-12)16-6-2-5-15/h3-4,7H,2,5-6,8,15H2,1H3,(H,16,17,18). The second-order valence-electron chi connectivity index (χ2n) is 4.35. The number of halogens is 1. The van der Waals surface area contributed by atoms with E-state index in [0.29, 0.717) is 18.5 Å². The lowest BCUT2D eigenvalue weighted by Crippen LogP contribution is -2.08. The SMILES string of the molecule is Cc1cc(Cc2nsc(NCCCN)n2)ccc1F. The zero-order chi connectivity index (χ0) is 13.7. The predicted octanol–water partition coefficient (Wildman–Crippen LogP) is 2.34. The topological polar surface area (TPSA) is 63.8 Å². The van der Waals surface area contributed by atoms with Gasteiger partial charge in [-0.3, -0.25) is 0 Å². The first kappa shape index (κ1) is 13.9. The van der Waals surface area contributed by atoms with Gasteiger partial charge in [-0.25, -0.2) is 9.37 Å². The molecular formula is C13H17FN4S. The average molecular weight is 280 g/mol. The molecule has 0 aliphatic rings. The van der Waals surface area contributed by atoms with E-state index in [-0.39, 0.29) is 5.82 Å². The molecule has 0 radical (unpaired) electrons. The van der Waals surface area contributed by atoms with Gasteiger partial charge >= 0.3 is 0 Å².